The van der Waals surface area contributed by atoms with Crippen molar-refractivity contribution in [2.45, 2.75) is 32.5 Å². The maximum absolute atomic E-state index is 14.2. The lowest BCUT2D eigenvalue weighted by molar-refractivity contribution is -0.150. The Morgan fingerprint density at radius 2 is 2.05 bits per heavy atom. The third-order valence-corrected chi connectivity index (χ3v) is 3.30. The summed E-state index contributed by atoms with van der Waals surface area (Å²) in [6, 6.07) is 6.90. The lowest BCUT2D eigenvalue weighted by Gasteiger charge is -2.22. The Morgan fingerprint density at radius 1 is 1.42 bits per heavy atom. The molecule has 102 valence electrons. The molecule has 0 bridgehead atoms. The van der Waals surface area contributed by atoms with E-state index < -0.39 is 23.6 Å². The van der Waals surface area contributed by atoms with Crippen molar-refractivity contribution in [3.05, 3.63) is 29.8 Å². The SMILES string of the molecule is CCOC(=O)C(F)N1C(=O)C(C)(C)c2ccccc21. The molecule has 0 spiro atoms. The lowest BCUT2D eigenvalue weighted by Crippen LogP contribution is -2.45. The number of esters is 1. The molecule has 0 N–H and O–H groups in total. The van der Waals surface area contributed by atoms with E-state index in [0.717, 1.165) is 4.90 Å². The molecule has 1 aromatic rings. The molecule has 0 aromatic heterocycles. The molecule has 0 fully saturated rings. The molecule has 5 heteroatoms. The first-order chi connectivity index (χ1) is 8.91. The van der Waals surface area contributed by atoms with Gasteiger partial charge in [0, 0.05) is 0 Å². The minimum absolute atomic E-state index is 0.0757. The van der Waals surface area contributed by atoms with Gasteiger partial charge in [-0.1, -0.05) is 18.2 Å². The predicted octanol–water partition coefficient (Wildman–Crippen LogP) is 2.17. The van der Waals surface area contributed by atoms with Crippen molar-refractivity contribution in [1.29, 1.82) is 0 Å². The zero-order valence-corrected chi connectivity index (χ0v) is 11.1. The Morgan fingerprint density at radius 3 is 2.68 bits per heavy atom. The van der Waals surface area contributed by atoms with E-state index in [-0.39, 0.29) is 6.61 Å². The van der Waals surface area contributed by atoms with Crippen molar-refractivity contribution in [1.82, 2.24) is 0 Å². The largest absolute Gasteiger partial charge is 0.462 e. The molecule has 4 nitrogen and oxygen atoms in total. The summed E-state index contributed by atoms with van der Waals surface area (Å²) in [5.74, 6) is -1.47. The summed E-state index contributed by atoms with van der Waals surface area (Å²) >= 11 is 0. The molecular formula is C14H16FNO3. The van der Waals surface area contributed by atoms with Crippen LogP contribution in [0.1, 0.15) is 26.3 Å². The molecule has 1 amide bonds. The van der Waals surface area contributed by atoms with Gasteiger partial charge in [-0.05, 0) is 32.4 Å². The summed E-state index contributed by atoms with van der Waals surface area (Å²) in [5.41, 5.74) is 0.304. The van der Waals surface area contributed by atoms with Crippen LogP contribution in [0, 0.1) is 0 Å². The van der Waals surface area contributed by atoms with Gasteiger partial charge in [-0.3, -0.25) is 9.69 Å². The zero-order chi connectivity index (χ0) is 14.2. The molecule has 1 atom stereocenters. The molecule has 1 aromatic carbocycles. The van der Waals surface area contributed by atoms with E-state index in [4.69, 9.17) is 0 Å². The summed E-state index contributed by atoms with van der Waals surface area (Å²) in [6.45, 7) is 5.10. The molecule has 19 heavy (non-hydrogen) atoms. The van der Waals surface area contributed by atoms with Crippen molar-refractivity contribution in [2.24, 2.45) is 0 Å². The van der Waals surface area contributed by atoms with Crippen LogP contribution in [0.5, 0.6) is 0 Å². The Hall–Kier alpha value is -1.91. The fraction of sp³-hybridized carbons (Fsp3) is 0.429. The van der Waals surface area contributed by atoms with Crippen molar-refractivity contribution < 1.29 is 18.7 Å². The number of hydrogen-bond donors (Lipinski definition) is 0. The quantitative estimate of drug-likeness (QED) is 0.621. The molecule has 0 saturated carbocycles. The number of anilines is 1. The highest BCUT2D eigenvalue weighted by atomic mass is 19.1. The van der Waals surface area contributed by atoms with Crippen LogP contribution in [0.25, 0.3) is 0 Å². The molecule has 0 radical (unpaired) electrons. The van der Waals surface area contributed by atoms with E-state index in [1.807, 2.05) is 0 Å². The van der Waals surface area contributed by atoms with Crippen molar-refractivity contribution in [3.8, 4) is 0 Å². The highest BCUT2D eigenvalue weighted by molar-refractivity contribution is 6.10. The van der Waals surface area contributed by atoms with Gasteiger partial charge in [0.05, 0.1) is 17.7 Å². The minimum Gasteiger partial charge on any atom is -0.462 e. The number of halogens is 1. The van der Waals surface area contributed by atoms with Crippen LogP contribution in [0.3, 0.4) is 0 Å². The van der Waals surface area contributed by atoms with Crippen molar-refractivity contribution in [3.63, 3.8) is 0 Å². The topological polar surface area (TPSA) is 46.6 Å². The number of hydrogen-bond acceptors (Lipinski definition) is 3. The van der Waals surface area contributed by atoms with Crippen LogP contribution in [0.4, 0.5) is 10.1 Å². The molecule has 2 rings (SSSR count). The first-order valence-electron chi connectivity index (χ1n) is 6.15. The maximum Gasteiger partial charge on any atom is 0.362 e. The van der Waals surface area contributed by atoms with Gasteiger partial charge in [-0.25, -0.2) is 9.18 Å². The third-order valence-electron chi connectivity index (χ3n) is 3.30. The second-order valence-electron chi connectivity index (χ2n) is 4.91. The van der Waals surface area contributed by atoms with Crippen molar-refractivity contribution >= 4 is 17.6 Å². The fourth-order valence-electron chi connectivity index (χ4n) is 2.28. The smallest absolute Gasteiger partial charge is 0.362 e. The number of para-hydroxylation sites is 1. The Labute approximate surface area is 111 Å². The summed E-state index contributed by atoms with van der Waals surface area (Å²) in [6.07, 6.45) is -2.10. The molecule has 1 heterocycles. The van der Waals surface area contributed by atoms with Gasteiger partial charge in [0.15, 0.2) is 0 Å². The van der Waals surface area contributed by atoms with Crippen LogP contribution in [-0.4, -0.2) is 24.8 Å². The van der Waals surface area contributed by atoms with Gasteiger partial charge >= 0.3 is 5.97 Å². The van der Waals surface area contributed by atoms with E-state index in [9.17, 15) is 14.0 Å². The van der Waals surface area contributed by atoms with Crippen LogP contribution in [-0.2, 0) is 19.7 Å². The van der Waals surface area contributed by atoms with E-state index in [2.05, 4.69) is 4.74 Å². The molecule has 0 aliphatic carbocycles. The molecule has 1 aliphatic heterocycles. The average Bonchev–Trinajstić information content (AvgIpc) is 2.58. The zero-order valence-electron chi connectivity index (χ0n) is 11.1. The number of carbonyl (C=O) groups is 2. The molecule has 0 saturated heterocycles. The van der Waals surface area contributed by atoms with Gasteiger partial charge in [-0.2, -0.15) is 0 Å². The molecule has 1 unspecified atom stereocenters. The summed E-state index contributed by atoms with van der Waals surface area (Å²) in [4.78, 5) is 24.7. The average molecular weight is 265 g/mol. The van der Waals surface area contributed by atoms with Gasteiger partial charge in [0.25, 0.3) is 6.30 Å². The second-order valence-corrected chi connectivity index (χ2v) is 4.91. The van der Waals surface area contributed by atoms with Crippen molar-refractivity contribution in [2.75, 3.05) is 11.5 Å². The lowest BCUT2D eigenvalue weighted by atomic mass is 9.86. The monoisotopic (exact) mass is 265 g/mol. The first kappa shape index (κ1) is 13.5. The number of amides is 1. The number of benzene rings is 1. The summed E-state index contributed by atoms with van der Waals surface area (Å²) in [7, 11) is 0. The number of ether oxygens (including phenoxy) is 1. The van der Waals surface area contributed by atoms with E-state index in [1.54, 1.807) is 45.0 Å². The number of nitrogens with zero attached hydrogens (tertiary/aromatic N) is 1. The highest BCUT2D eigenvalue weighted by Crippen LogP contribution is 2.42. The normalized spacial score (nSPS) is 18.1. The number of rotatable bonds is 3. The summed E-state index contributed by atoms with van der Waals surface area (Å²) in [5, 5.41) is 0. The second kappa shape index (κ2) is 4.64. The predicted molar refractivity (Wildman–Crippen MR) is 68.5 cm³/mol. The Kier molecular flexibility index (Phi) is 3.30. The summed E-state index contributed by atoms with van der Waals surface area (Å²) < 4.78 is 18.8. The van der Waals surface area contributed by atoms with Gasteiger partial charge in [0.1, 0.15) is 0 Å². The number of alkyl halides is 1. The van der Waals surface area contributed by atoms with E-state index >= 15 is 0 Å². The van der Waals surface area contributed by atoms with E-state index in [1.165, 1.54) is 0 Å². The van der Waals surface area contributed by atoms with Crippen LogP contribution < -0.4 is 4.90 Å². The Bertz CT molecular complexity index is 527. The maximum atomic E-state index is 14.2. The van der Waals surface area contributed by atoms with Crippen LogP contribution in [0.2, 0.25) is 0 Å². The van der Waals surface area contributed by atoms with Crippen LogP contribution >= 0.6 is 0 Å². The van der Waals surface area contributed by atoms with Gasteiger partial charge in [-0.15, -0.1) is 0 Å². The number of fused-ring (bicyclic) bond motifs is 1. The minimum atomic E-state index is -2.10. The third kappa shape index (κ3) is 1.99. The Balaban J connectivity index is 2.43. The van der Waals surface area contributed by atoms with Gasteiger partial charge in [0.2, 0.25) is 5.91 Å². The van der Waals surface area contributed by atoms with Crippen LogP contribution in [0.15, 0.2) is 24.3 Å². The highest BCUT2D eigenvalue weighted by Gasteiger charge is 2.48. The number of carbonyl (C=O) groups excluding carboxylic acids is 2. The standard InChI is InChI=1S/C14H16FNO3/c1-4-19-12(17)11(15)16-10-8-6-5-7-9(10)14(2,3)13(16)18/h5-8,11H,4H2,1-3H3. The molecule has 1 aliphatic rings. The fourth-order valence-corrected chi connectivity index (χ4v) is 2.28. The first-order valence-corrected chi connectivity index (χ1v) is 6.15. The molecular weight excluding hydrogens is 249 g/mol. The van der Waals surface area contributed by atoms with E-state index in [0.29, 0.717) is 11.3 Å². The van der Waals surface area contributed by atoms with Gasteiger partial charge < -0.3 is 4.74 Å².